The number of hydrogen-bond donors (Lipinski definition) is 2. The highest BCUT2D eigenvalue weighted by Crippen LogP contribution is 2.36. The molecule has 3 rings (SSSR count). The van der Waals surface area contributed by atoms with Crippen molar-refractivity contribution in [1.82, 2.24) is 4.90 Å². The Balaban J connectivity index is 1.80. The van der Waals surface area contributed by atoms with Crippen LogP contribution < -0.4 is 0 Å². The number of hydrogen-bond acceptors (Lipinski definition) is 6. The zero-order valence-electron chi connectivity index (χ0n) is 16.9. The van der Waals surface area contributed by atoms with Gasteiger partial charge in [-0.15, -0.1) is 0 Å². The van der Waals surface area contributed by atoms with Crippen molar-refractivity contribution >= 4 is 11.7 Å². The van der Waals surface area contributed by atoms with Crippen molar-refractivity contribution in [2.24, 2.45) is 0 Å². The number of benzene rings is 2. The summed E-state index contributed by atoms with van der Waals surface area (Å²) in [4.78, 5) is 24.4. The average Bonchev–Trinajstić information content (AvgIpc) is 3.24. The SMILES string of the molecule is CC(OCC(O)CN1CCCC1)c1ccccc1-c1ccc(C(=O)O)cc1[N+](=O)[O-]. The van der Waals surface area contributed by atoms with E-state index in [4.69, 9.17) is 9.84 Å². The van der Waals surface area contributed by atoms with Crippen LogP contribution in [-0.4, -0.2) is 58.4 Å². The van der Waals surface area contributed by atoms with Crippen LogP contribution in [0.1, 0.15) is 41.8 Å². The number of β-amino-alcohol motifs (C(OH)–C–C–N with tert-alkyl or cyclic N) is 1. The summed E-state index contributed by atoms with van der Waals surface area (Å²) in [5, 5.41) is 31.0. The van der Waals surface area contributed by atoms with Gasteiger partial charge in [-0.05, 0) is 56.1 Å². The topological polar surface area (TPSA) is 113 Å². The van der Waals surface area contributed by atoms with Gasteiger partial charge in [0.25, 0.3) is 5.69 Å². The molecule has 0 spiro atoms. The minimum Gasteiger partial charge on any atom is -0.478 e. The van der Waals surface area contributed by atoms with Crippen molar-refractivity contribution in [1.29, 1.82) is 0 Å². The van der Waals surface area contributed by atoms with Crippen molar-refractivity contribution in [3.63, 3.8) is 0 Å². The number of carbonyl (C=O) groups is 1. The van der Waals surface area contributed by atoms with Crippen LogP contribution in [0.2, 0.25) is 0 Å². The molecule has 8 heteroatoms. The number of likely N-dealkylation sites (tertiary alicyclic amines) is 1. The molecule has 1 fully saturated rings. The standard InChI is InChI=1S/C22H26N2O6/c1-15(30-14-17(25)13-23-10-4-5-11-23)18-6-2-3-7-19(18)20-9-8-16(22(26)27)12-21(20)24(28)29/h2-3,6-9,12,15,17,25H,4-5,10-11,13-14H2,1H3,(H,26,27). The fourth-order valence-corrected chi connectivity index (χ4v) is 3.80. The molecule has 2 atom stereocenters. The summed E-state index contributed by atoms with van der Waals surface area (Å²) in [6, 6.07) is 11.0. The third-order valence-electron chi connectivity index (χ3n) is 5.34. The Hall–Kier alpha value is -2.81. The number of rotatable bonds is 9. The number of nitrogens with zero attached hydrogens (tertiary/aromatic N) is 2. The lowest BCUT2D eigenvalue weighted by Gasteiger charge is -2.22. The molecule has 2 N–H and O–H groups in total. The molecule has 0 saturated carbocycles. The maximum atomic E-state index is 11.6. The minimum atomic E-state index is -1.22. The number of ether oxygens (including phenoxy) is 1. The van der Waals surface area contributed by atoms with E-state index in [0.29, 0.717) is 17.7 Å². The first-order chi connectivity index (χ1) is 14.4. The van der Waals surface area contributed by atoms with Crippen LogP contribution in [0.3, 0.4) is 0 Å². The van der Waals surface area contributed by atoms with Gasteiger partial charge >= 0.3 is 5.97 Å². The number of nitro benzene ring substituents is 1. The van der Waals surface area contributed by atoms with Gasteiger partial charge in [0, 0.05) is 12.6 Å². The predicted octanol–water partition coefficient (Wildman–Crippen LogP) is 3.49. The van der Waals surface area contributed by atoms with Gasteiger partial charge in [-0.3, -0.25) is 10.1 Å². The Morgan fingerprint density at radius 2 is 1.90 bits per heavy atom. The summed E-state index contributed by atoms with van der Waals surface area (Å²) in [5.41, 5.74) is 1.24. The monoisotopic (exact) mass is 414 g/mol. The molecule has 1 aliphatic rings. The molecule has 1 heterocycles. The number of aromatic carboxylic acids is 1. The van der Waals surface area contributed by atoms with Crippen molar-refractivity contribution < 1.29 is 24.7 Å². The summed E-state index contributed by atoms with van der Waals surface area (Å²) >= 11 is 0. The lowest BCUT2D eigenvalue weighted by molar-refractivity contribution is -0.384. The van der Waals surface area contributed by atoms with E-state index >= 15 is 0 Å². The number of aliphatic hydroxyl groups excluding tert-OH is 1. The van der Waals surface area contributed by atoms with Crippen molar-refractivity contribution in [2.45, 2.75) is 32.0 Å². The molecule has 2 aromatic rings. The summed E-state index contributed by atoms with van der Waals surface area (Å²) in [5.74, 6) is -1.22. The van der Waals surface area contributed by atoms with Gasteiger partial charge in [0.2, 0.25) is 0 Å². The number of aliphatic hydroxyl groups is 1. The van der Waals surface area contributed by atoms with E-state index in [1.807, 2.05) is 19.1 Å². The van der Waals surface area contributed by atoms with E-state index in [2.05, 4.69) is 4.90 Å². The summed E-state index contributed by atoms with van der Waals surface area (Å²) < 4.78 is 5.88. The van der Waals surface area contributed by atoms with Gasteiger partial charge < -0.3 is 19.8 Å². The van der Waals surface area contributed by atoms with Crippen LogP contribution in [0, 0.1) is 10.1 Å². The minimum absolute atomic E-state index is 0.141. The predicted molar refractivity (Wildman–Crippen MR) is 112 cm³/mol. The Labute approximate surface area is 174 Å². The highest BCUT2D eigenvalue weighted by molar-refractivity contribution is 5.90. The normalized spacial score (nSPS) is 16.3. The smallest absolute Gasteiger partial charge is 0.335 e. The molecule has 0 aliphatic carbocycles. The molecular weight excluding hydrogens is 388 g/mol. The van der Waals surface area contributed by atoms with Crippen LogP contribution in [0.5, 0.6) is 0 Å². The van der Waals surface area contributed by atoms with E-state index in [0.717, 1.165) is 37.6 Å². The first kappa shape index (κ1) is 21.9. The highest BCUT2D eigenvalue weighted by Gasteiger charge is 2.23. The van der Waals surface area contributed by atoms with E-state index < -0.39 is 23.1 Å². The van der Waals surface area contributed by atoms with Crippen LogP contribution >= 0.6 is 0 Å². The second kappa shape index (κ2) is 9.80. The number of carboxylic acids is 1. The van der Waals surface area contributed by atoms with Gasteiger partial charge in [-0.1, -0.05) is 24.3 Å². The largest absolute Gasteiger partial charge is 0.478 e. The van der Waals surface area contributed by atoms with Gasteiger partial charge in [0.1, 0.15) is 0 Å². The molecule has 1 aliphatic heterocycles. The Morgan fingerprint density at radius 3 is 2.57 bits per heavy atom. The first-order valence-electron chi connectivity index (χ1n) is 10.00. The summed E-state index contributed by atoms with van der Waals surface area (Å²) in [6.45, 7) is 4.54. The molecule has 0 radical (unpaired) electrons. The van der Waals surface area contributed by atoms with Crippen molar-refractivity contribution in [2.75, 3.05) is 26.2 Å². The van der Waals surface area contributed by atoms with Crippen molar-refractivity contribution in [3.8, 4) is 11.1 Å². The zero-order chi connectivity index (χ0) is 21.7. The molecule has 8 nitrogen and oxygen atoms in total. The van der Waals surface area contributed by atoms with Crippen LogP contribution in [0.15, 0.2) is 42.5 Å². The fourth-order valence-electron chi connectivity index (χ4n) is 3.80. The molecular formula is C22H26N2O6. The zero-order valence-corrected chi connectivity index (χ0v) is 16.9. The van der Waals surface area contributed by atoms with E-state index in [1.54, 1.807) is 12.1 Å². The van der Waals surface area contributed by atoms with Gasteiger partial charge in [0.15, 0.2) is 0 Å². The van der Waals surface area contributed by atoms with Crippen LogP contribution in [0.25, 0.3) is 11.1 Å². The van der Waals surface area contributed by atoms with Crippen molar-refractivity contribution in [3.05, 3.63) is 63.7 Å². The molecule has 160 valence electrons. The molecule has 1 saturated heterocycles. The fraction of sp³-hybridized carbons (Fsp3) is 0.409. The Morgan fingerprint density at radius 1 is 1.20 bits per heavy atom. The molecule has 2 aromatic carbocycles. The molecule has 0 amide bonds. The third-order valence-corrected chi connectivity index (χ3v) is 5.34. The van der Waals surface area contributed by atoms with Crippen LogP contribution in [0.4, 0.5) is 5.69 Å². The lowest BCUT2D eigenvalue weighted by atomic mass is 9.94. The molecule has 0 aromatic heterocycles. The maximum Gasteiger partial charge on any atom is 0.335 e. The second-order valence-electron chi connectivity index (χ2n) is 7.52. The number of carboxylic acid groups (broad SMARTS) is 1. The van der Waals surface area contributed by atoms with Gasteiger partial charge in [0.05, 0.1) is 34.9 Å². The first-order valence-corrected chi connectivity index (χ1v) is 10.00. The number of nitro groups is 1. The van der Waals surface area contributed by atoms with Crippen LogP contribution in [-0.2, 0) is 4.74 Å². The lowest BCUT2D eigenvalue weighted by Crippen LogP contribution is -2.33. The quantitative estimate of drug-likeness (QED) is 0.477. The van der Waals surface area contributed by atoms with Gasteiger partial charge in [-0.2, -0.15) is 0 Å². The summed E-state index contributed by atoms with van der Waals surface area (Å²) in [6.07, 6.45) is 1.28. The van der Waals surface area contributed by atoms with E-state index in [-0.39, 0.29) is 17.9 Å². The Kier molecular flexibility index (Phi) is 7.15. The second-order valence-corrected chi connectivity index (χ2v) is 7.52. The Bertz CT molecular complexity index is 910. The molecule has 30 heavy (non-hydrogen) atoms. The van der Waals surface area contributed by atoms with E-state index in [9.17, 15) is 20.0 Å². The summed E-state index contributed by atoms with van der Waals surface area (Å²) in [7, 11) is 0. The third kappa shape index (κ3) is 5.21. The molecule has 2 unspecified atom stereocenters. The van der Waals surface area contributed by atoms with Gasteiger partial charge in [-0.25, -0.2) is 4.79 Å². The highest BCUT2D eigenvalue weighted by atomic mass is 16.6. The maximum absolute atomic E-state index is 11.6. The average molecular weight is 414 g/mol. The van der Waals surface area contributed by atoms with E-state index in [1.165, 1.54) is 12.1 Å². The molecule has 0 bridgehead atoms.